The summed E-state index contributed by atoms with van der Waals surface area (Å²) in [5.74, 6) is 0.885. The zero-order valence-corrected chi connectivity index (χ0v) is 46.5. The number of nitrogens with zero attached hydrogens (tertiary/aromatic N) is 4. The van der Waals surface area contributed by atoms with Gasteiger partial charge in [-0.1, -0.05) is 217 Å². The number of fused-ring (bicyclic) bond motifs is 4. The Bertz CT molecular complexity index is 3790. The van der Waals surface area contributed by atoms with Gasteiger partial charge >= 0.3 is 0 Å². The molecule has 376 valence electrons. The van der Waals surface area contributed by atoms with Gasteiger partial charge in [0.15, 0.2) is 6.71 Å². The molecule has 0 amide bonds. The first-order chi connectivity index (χ1) is 36.3. The first kappa shape index (κ1) is 50.4. The summed E-state index contributed by atoms with van der Waals surface area (Å²) in [5.41, 5.74) is 17.5. The number of anilines is 4. The van der Waals surface area contributed by atoms with Crippen LogP contribution >= 0.6 is 0 Å². The minimum Gasteiger partial charge on any atom is -0.493 e. The van der Waals surface area contributed by atoms with Gasteiger partial charge in [0.05, 0.1) is 0 Å². The molecule has 0 fully saturated rings. The SMILES string of the molecule is CC(C)(C)c1ccnc(-n2c3[c-]c(B(c4[c-]c(N5[CH-]N(c6cc(C(C)(C)c7ccccc7)cc(C(C)(C)c7ccccc7)c6)c6ccccc65)cc(-c5ccccc5)c4)c4ccccc4)ccc3c3ccccc32)c1.[Pt]. The van der Waals surface area contributed by atoms with Crippen molar-refractivity contribution in [1.82, 2.24) is 9.55 Å². The van der Waals surface area contributed by atoms with E-state index in [0.717, 1.165) is 72.5 Å². The molecule has 6 heteroatoms. The second-order valence-electron chi connectivity index (χ2n) is 22.2. The summed E-state index contributed by atoms with van der Waals surface area (Å²) in [6.07, 6.45) is 1.94. The Morgan fingerprint density at radius 1 is 0.447 bits per heavy atom. The van der Waals surface area contributed by atoms with Crippen LogP contribution in [0, 0.1) is 18.8 Å². The molecule has 0 saturated heterocycles. The van der Waals surface area contributed by atoms with Crippen LogP contribution in [0.5, 0.6) is 0 Å². The Morgan fingerprint density at radius 3 is 1.64 bits per heavy atom. The van der Waals surface area contributed by atoms with Gasteiger partial charge in [-0.05, 0) is 86.6 Å². The van der Waals surface area contributed by atoms with E-state index in [0.29, 0.717) is 0 Å². The third kappa shape index (κ3) is 9.19. The number of hydrogen-bond acceptors (Lipinski definition) is 3. The fraction of sp³-hybridized carbons (Fsp3) is 0.143. The number of pyridine rings is 1. The van der Waals surface area contributed by atoms with E-state index in [1.807, 2.05) is 6.20 Å². The summed E-state index contributed by atoms with van der Waals surface area (Å²) >= 11 is 0. The number of hydrogen-bond donors (Lipinski definition) is 0. The molecule has 0 N–H and O–H groups in total. The van der Waals surface area contributed by atoms with Crippen molar-refractivity contribution in [3.63, 3.8) is 0 Å². The van der Waals surface area contributed by atoms with Crippen LogP contribution in [0.1, 0.15) is 76.3 Å². The van der Waals surface area contributed by atoms with Crippen LogP contribution < -0.4 is 26.2 Å². The topological polar surface area (TPSA) is 24.3 Å². The van der Waals surface area contributed by atoms with Crippen molar-refractivity contribution in [3.05, 3.63) is 277 Å². The molecule has 4 nitrogen and oxygen atoms in total. The van der Waals surface area contributed by atoms with Crippen LogP contribution in [-0.2, 0) is 37.3 Å². The average molecular weight is 1160 g/mol. The van der Waals surface area contributed by atoms with E-state index in [-0.39, 0.29) is 44.0 Å². The molecule has 0 atom stereocenters. The standard InChI is InChI=1S/C70H60BN4.Pt/c1-68(2,3)53-38-39-72-67(45-53)75-63-33-21-20-32-61(63)62-37-36-57(47-66(62)75)71(56-30-18-11-19-31-56)58-40-50(49-24-12-8-13-25-49)41-59(46-58)73-48-74(65-35-23-22-34-64(65)73)60-43-54(69(4,5)51-26-14-9-15-27-51)42-55(44-60)70(6,7)52-28-16-10-17-29-52;/h8-45,48H,1-7H3;/q-3;. The molecular formula is C70H60BN4Pt-3. The predicted octanol–water partition coefficient (Wildman–Crippen LogP) is 15.3. The van der Waals surface area contributed by atoms with Crippen molar-refractivity contribution in [2.24, 2.45) is 0 Å². The van der Waals surface area contributed by atoms with Crippen molar-refractivity contribution in [3.8, 4) is 16.9 Å². The first-order valence-corrected chi connectivity index (χ1v) is 26.2. The van der Waals surface area contributed by atoms with E-state index in [1.54, 1.807) is 0 Å². The molecule has 3 heterocycles. The molecule has 0 unspecified atom stereocenters. The van der Waals surface area contributed by atoms with Crippen LogP contribution in [0.4, 0.5) is 22.7 Å². The van der Waals surface area contributed by atoms with Gasteiger partial charge in [-0.15, -0.1) is 29.4 Å². The largest absolute Gasteiger partial charge is 0.493 e. The Balaban J connectivity index is 0.00000616. The fourth-order valence-corrected chi connectivity index (χ4v) is 11.2. The normalized spacial score (nSPS) is 12.7. The summed E-state index contributed by atoms with van der Waals surface area (Å²) in [5, 5.41) is 2.31. The predicted molar refractivity (Wildman–Crippen MR) is 317 cm³/mol. The van der Waals surface area contributed by atoms with Gasteiger partial charge in [-0.2, -0.15) is 41.3 Å². The van der Waals surface area contributed by atoms with Crippen LogP contribution in [0.2, 0.25) is 0 Å². The Hall–Kier alpha value is -7.72. The first-order valence-electron chi connectivity index (χ1n) is 26.2. The molecule has 0 spiro atoms. The summed E-state index contributed by atoms with van der Waals surface area (Å²) < 4.78 is 2.30. The van der Waals surface area contributed by atoms with Gasteiger partial charge in [0.1, 0.15) is 5.82 Å². The van der Waals surface area contributed by atoms with E-state index < -0.39 is 0 Å². The average Bonchev–Trinajstić information content (AvgIpc) is 4.00. The van der Waals surface area contributed by atoms with Gasteiger partial charge < -0.3 is 14.4 Å². The van der Waals surface area contributed by atoms with Gasteiger partial charge in [-0.25, -0.2) is 4.98 Å². The number of aromatic nitrogens is 2. The zero-order valence-electron chi connectivity index (χ0n) is 44.2. The van der Waals surface area contributed by atoms with Crippen molar-refractivity contribution >= 4 is 67.7 Å². The van der Waals surface area contributed by atoms with Crippen LogP contribution in [-0.4, -0.2) is 16.3 Å². The minimum absolute atomic E-state index is 0. The molecule has 1 aliphatic heterocycles. The molecule has 0 radical (unpaired) electrons. The molecule has 76 heavy (non-hydrogen) atoms. The minimum atomic E-state index is -0.280. The maximum atomic E-state index is 5.02. The van der Waals surface area contributed by atoms with Crippen LogP contribution in [0.25, 0.3) is 38.8 Å². The van der Waals surface area contributed by atoms with Gasteiger partial charge in [0, 0.05) is 60.7 Å². The number of rotatable bonds is 11. The van der Waals surface area contributed by atoms with Gasteiger partial charge in [-0.3, -0.25) is 0 Å². The third-order valence-electron chi connectivity index (χ3n) is 15.7. The Morgan fingerprint density at radius 2 is 1.01 bits per heavy atom. The molecular weight excluding hydrogens is 1100 g/mol. The van der Waals surface area contributed by atoms with E-state index >= 15 is 0 Å². The molecule has 2 aromatic heterocycles. The monoisotopic (exact) mass is 1160 g/mol. The summed E-state index contributed by atoms with van der Waals surface area (Å²) in [7, 11) is 0. The fourth-order valence-electron chi connectivity index (χ4n) is 11.2. The van der Waals surface area contributed by atoms with E-state index in [1.165, 1.54) is 33.2 Å². The van der Waals surface area contributed by atoms with Crippen LogP contribution in [0.15, 0.2) is 231 Å². The van der Waals surface area contributed by atoms with Crippen molar-refractivity contribution in [2.45, 2.75) is 64.7 Å². The quantitative estimate of drug-likeness (QED) is 0.0953. The summed E-state index contributed by atoms with van der Waals surface area (Å²) in [4.78, 5) is 9.73. The van der Waals surface area contributed by atoms with Crippen molar-refractivity contribution in [1.29, 1.82) is 0 Å². The Kier molecular flexibility index (Phi) is 13.3. The second-order valence-corrected chi connectivity index (χ2v) is 22.2. The Labute approximate surface area is 464 Å². The number of benzene rings is 9. The van der Waals surface area contributed by atoms with E-state index in [2.05, 4.69) is 306 Å². The summed E-state index contributed by atoms with van der Waals surface area (Å²) in [6, 6.07) is 89.8. The molecule has 9 aromatic carbocycles. The van der Waals surface area contributed by atoms with Gasteiger partial charge in [0.25, 0.3) is 0 Å². The molecule has 1 aliphatic rings. The van der Waals surface area contributed by atoms with E-state index in [9.17, 15) is 0 Å². The zero-order chi connectivity index (χ0) is 51.5. The second kappa shape index (κ2) is 20.1. The van der Waals surface area contributed by atoms with Gasteiger partial charge in [0.2, 0.25) is 0 Å². The van der Waals surface area contributed by atoms with Crippen LogP contribution in [0.3, 0.4) is 0 Å². The maximum Gasteiger partial charge on any atom is 0.191 e. The van der Waals surface area contributed by atoms with Crippen molar-refractivity contribution < 1.29 is 21.1 Å². The molecule has 11 aromatic rings. The maximum absolute atomic E-state index is 5.02. The molecule has 0 bridgehead atoms. The molecule has 12 rings (SSSR count). The summed E-state index contributed by atoms with van der Waals surface area (Å²) in [6.45, 7) is 18.2. The smallest absolute Gasteiger partial charge is 0.191 e. The number of para-hydroxylation sites is 3. The van der Waals surface area contributed by atoms with E-state index in [4.69, 9.17) is 4.98 Å². The third-order valence-corrected chi connectivity index (χ3v) is 15.7. The molecule has 0 aliphatic carbocycles. The van der Waals surface area contributed by atoms with Crippen molar-refractivity contribution in [2.75, 3.05) is 9.80 Å². The molecule has 0 saturated carbocycles.